The standard InChI is InChI=1S/C12H12Cl2N2S/c1-3-15-12-10(14)6-9(13)11(16-12)8-4-5-17-7(8)2/h4-6H,3H2,1-2H3,(H,15,16). The summed E-state index contributed by atoms with van der Waals surface area (Å²) < 4.78 is 0. The fourth-order valence-corrected chi connectivity index (χ4v) is 2.80. The Morgan fingerprint density at radius 1 is 1.35 bits per heavy atom. The Morgan fingerprint density at radius 2 is 2.12 bits per heavy atom. The lowest BCUT2D eigenvalue weighted by molar-refractivity contribution is 1.16. The van der Waals surface area contributed by atoms with Gasteiger partial charge < -0.3 is 5.32 Å². The van der Waals surface area contributed by atoms with Gasteiger partial charge in [0.25, 0.3) is 0 Å². The van der Waals surface area contributed by atoms with E-state index in [4.69, 9.17) is 23.2 Å². The molecule has 0 aliphatic rings. The minimum atomic E-state index is 0.550. The lowest BCUT2D eigenvalue weighted by Gasteiger charge is -2.09. The number of pyridine rings is 1. The second kappa shape index (κ2) is 5.25. The third kappa shape index (κ3) is 2.57. The van der Waals surface area contributed by atoms with E-state index in [-0.39, 0.29) is 0 Å². The molecule has 1 N–H and O–H groups in total. The van der Waals surface area contributed by atoms with Gasteiger partial charge in [-0.1, -0.05) is 23.2 Å². The van der Waals surface area contributed by atoms with Crippen molar-refractivity contribution in [2.45, 2.75) is 13.8 Å². The molecule has 2 aromatic heterocycles. The Kier molecular flexibility index (Phi) is 3.92. The zero-order chi connectivity index (χ0) is 12.4. The van der Waals surface area contributed by atoms with E-state index in [1.165, 1.54) is 4.88 Å². The quantitative estimate of drug-likeness (QED) is 0.872. The molecule has 0 aliphatic heterocycles. The van der Waals surface area contributed by atoms with Crippen LogP contribution in [0.25, 0.3) is 11.3 Å². The molecule has 17 heavy (non-hydrogen) atoms. The van der Waals surface area contributed by atoms with Gasteiger partial charge in [-0.3, -0.25) is 0 Å². The maximum absolute atomic E-state index is 6.19. The number of hydrogen-bond acceptors (Lipinski definition) is 3. The van der Waals surface area contributed by atoms with Crippen LogP contribution in [-0.2, 0) is 0 Å². The smallest absolute Gasteiger partial charge is 0.145 e. The maximum atomic E-state index is 6.19. The summed E-state index contributed by atoms with van der Waals surface area (Å²) in [6.07, 6.45) is 0. The first-order valence-electron chi connectivity index (χ1n) is 5.28. The highest BCUT2D eigenvalue weighted by Gasteiger charge is 2.13. The molecule has 0 atom stereocenters. The molecule has 0 unspecified atom stereocenters. The summed E-state index contributed by atoms with van der Waals surface area (Å²) in [6, 6.07) is 3.76. The molecule has 0 spiro atoms. The Labute approximate surface area is 115 Å². The first kappa shape index (κ1) is 12.7. The minimum absolute atomic E-state index is 0.550. The first-order valence-corrected chi connectivity index (χ1v) is 6.91. The fraction of sp³-hybridized carbons (Fsp3) is 0.250. The van der Waals surface area contributed by atoms with Gasteiger partial charge in [0.1, 0.15) is 5.82 Å². The summed E-state index contributed by atoms with van der Waals surface area (Å²) in [6.45, 7) is 4.83. The summed E-state index contributed by atoms with van der Waals surface area (Å²) in [5.74, 6) is 0.680. The molecular formula is C12H12Cl2N2S. The number of halogens is 2. The van der Waals surface area contributed by atoms with Gasteiger partial charge in [-0.2, -0.15) is 0 Å². The number of aryl methyl sites for hydroxylation is 1. The molecule has 0 aromatic carbocycles. The van der Waals surface area contributed by atoms with Gasteiger partial charge in [-0.15, -0.1) is 11.3 Å². The highest BCUT2D eigenvalue weighted by Crippen LogP contribution is 2.35. The van der Waals surface area contributed by atoms with Crippen LogP contribution in [0.3, 0.4) is 0 Å². The molecule has 2 aromatic rings. The van der Waals surface area contributed by atoms with Crippen LogP contribution < -0.4 is 5.32 Å². The van der Waals surface area contributed by atoms with Gasteiger partial charge in [0, 0.05) is 17.0 Å². The van der Waals surface area contributed by atoms with E-state index in [9.17, 15) is 0 Å². The van der Waals surface area contributed by atoms with Crippen molar-refractivity contribution in [3.63, 3.8) is 0 Å². The molecule has 2 rings (SSSR count). The van der Waals surface area contributed by atoms with Crippen LogP contribution in [0.1, 0.15) is 11.8 Å². The van der Waals surface area contributed by atoms with Crippen LogP contribution in [0, 0.1) is 6.92 Å². The number of nitrogens with zero attached hydrogens (tertiary/aromatic N) is 1. The number of hydrogen-bond donors (Lipinski definition) is 1. The highest BCUT2D eigenvalue weighted by atomic mass is 35.5. The van der Waals surface area contributed by atoms with Crippen molar-refractivity contribution in [2.24, 2.45) is 0 Å². The second-order valence-corrected chi connectivity index (χ2v) is 5.50. The third-order valence-corrected chi connectivity index (χ3v) is 3.81. The Bertz CT molecular complexity index is 537. The second-order valence-electron chi connectivity index (χ2n) is 3.57. The van der Waals surface area contributed by atoms with Crippen LogP contribution in [0.15, 0.2) is 17.5 Å². The van der Waals surface area contributed by atoms with Crippen molar-refractivity contribution in [1.29, 1.82) is 0 Å². The monoisotopic (exact) mass is 286 g/mol. The van der Waals surface area contributed by atoms with Crippen molar-refractivity contribution >= 4 is 40.4 Å². The van der Waals surface area contributed by atoms with Gasteiger partial charge >= 0.3 is 0 Å². The van der Waals surface area contributed by atoms with E-state index in [1.807, 2.05) is 18.4 Å². The molecule has 0 amide bonds. The normalized spacial score (nSPS) is 10.6. The number of aromatic nitrogens is 1. The third-order valence-electron chi connectivity index (χ3n) is 2.39. The molecule has 2 heterocycles. The molecule has 0 saturated carbocycles. The molecule has 0 aliphatic carbocycles. The minimum Gasteiger partial charge on any atom is -0.369 e. The Balaban J connectivity index is 2.54. The van der Waals surface area contributed by atoms with Crippen molar-refractivity contribution in [3.8, 4) is 11.3 Å². The molecule has 0 bridgehead atoms. The lowest BCUT2D eigenvalue weighted by atomic mass is 10.2. The topological polar surface area (TPSA) is 24.9 Å². The zero-order valence-electron chi connectivity index (χ0n) is 9.55. The van der Waals surface area contributed by atoms with Crippen LogP contribution in [0.2, 0.25) is 10.0 Å². The summed E-state index contributed by atoms with van der Waals surface area (Å²) in [5, 5.41) is 6.29. The van der Waals surface area contributed by atoms with Gasteiger partial charge in [-0.05, 0) is 31.4 Å². The summed E-state index contributed by atoms with van der Waals surface area (Å²) in [4.78, 5) is 5.69. The molecule has 0 radical (unpaired) electrons. The summed E-state index contributed by atoms with van der Waals surface area (Å²) in [5.41, 5.74) is 1.85. The van der Waals surface area contributed by atoms with Crippen LogP contribution in [0.5, 0.6) is 0 Å². The molecule has 90 valence electrons. The van der Waals surface area contributed by atoms with Gasteiger partial charge in [0.05, 0.1) is 15.7 Å². The summed E-state index contributed by atoms with van der Waals surface area (Å²) in [7, 11) is 0. The molecule has 5 heteroatoms. The van der Waals surface area contributed by atoms with E-state index >= 15 is 0 Å². The van der Waals surface area contributed by atoms with Gasteiger partial charge in [0.15, 0.2) is 0 Å². The van der Waals surface area contributed by atoms with E-state index < -0.39 is 0 Å². The number of thiophene rings is 1. The Hall–Kier alpha value is -0.770. The van der Waals surface area contributed by atoms with E-state index in [1.54, 1.807) is 17.4 Å². The van der Waals surface area contributed by atoms with Crippen LogP contribution >= 0.6 is 34.5 Å². The lowest BCUT2D eigenvalue weighted by Crippen LogP contribution is -2.01. The summed E-state index contributed by atoms with van der Waals surface area (Å²) >= 11 is 13.9. The van der Waals surface area contributed by atoms with Crippen molar-refractivity contribution in [1.82, 2.24) is 4.98 Å². The van der Waals surface area contributed by atoms with E-state index in [0.717, 1.165) is 17.8 Å². The SMILES string of the molecule is CCNc1nc(-c2ccsc2C)c(Cl)cc1Cl. The first-order chi connectivity index (χ1) is 8.13. The van der Waals surface area contributed by atoms with Crippen LogP contribution in [-0.4, -0.2) is 11.5 Å². The Morgan fingerprint density at radius 3 is 2.71 bits per heavy atom. The number of rotatable bonds is 3. The molecular weight excluding hydrogens is 275 g/mol. The highest BCUT2D eigenvalue weighted by molar-refractivity contribution is 7.10. The predicted octanol–water partition coefficient (Wildman–Crippen LogP) is 4.86. The van der Waals surface area contributed by atoms with Crippen LogP contribution in [0.4, 0.5) is 5.82 Å². The van der Waals surface area contributed by atoms with E-state index in [0.29, 0.717) is 15.9 Å². The molecule has 0 fully saturated rings. The fourth-order valence-electron chi connectivity index (χ4n) is 1.58. The molecule has 2 nitrogen and oxygen atoms in total. The molecule has 0 saturated heterocycles. The largest absolute Gasteiger partial charge is 0.369 e. The van der Waals surface area contributed by atoms with Crippen molar-refractivity contribution < 1.29 is 0 Å². The van der Waals surface area contributed by atoms with Crippen molar-refractivity contribution in [3.05, 3.63) is 32.4 Å². The number of nitrogens with one attached hydrogen (secondary N) is 1. The average molecular weight is 287 g/mol. The van der Waals surface area contributed by atoms with Crippen molar-refractivity contribution in [2.75, 3.05) is 11.9 Å². The van der Waals surface area contributed by atoms with E-state index in [2.05, 4.69) is 17.2 Å². The average Bonchev–Trinajstić information content (AvgIpc) is 2.69. The zero-order valence-corrected chi connectivity index (χ0v) is 11.9. The predicted molar refractivity (Wildman–Crippen MR) is 76.5 cm³/mol. The maximum Gasteiger partial charge on any atom is 0.145 e. The number of anilines is 1. The van der Waals surface area contributed by atoms with Gasteiger partial charge in [0.2, 0.25) is 0 Å². The van der Waals surface area contributed by atoms with Gasteiger partial charge in [-0.25, -0.2) is 4.98 Å².